The third-order valence-electron chi connectivity index (χ3n) is 2.33. The van der Waals surface area contributed by atoms with E-state index in [0.29, 0.717) is 21.7 Å². The normalized spacial score (nSPS) is 10.2. The summed E-state index contributed by atoms with van der Waals surface area (Å²) >= 11 is 3.18. The largest absolute Gasteiger partial charge is 0.497 e. The van der Waals surface area contributed by atoms with Crippen molar-refractivity contribution in [2.75, 3.05) is 12.8 Å². The van der Waals surface area contributed by atoms with Gasteiger partial charge in [0.2, 0.25) is 0 Å². The summed E-state index contributed by atoms with van der Waals surface area (Å²) in [6, 6.07) is 9.50. The highest BCUT2D eigenvalue weighted by Crippen LogP contribution is 2.32. The molecule has 0 saturated heterocycles. The van der Waals surface area contributed by atoms with Gasteiger partial charge in [-0.2, -0.15) is 0 Å². The van der Waals surface area contributed by atoms with Crippen molar-refractivity contribution >= 4 is 21.6 Å². The summed E-state index contributed by atoms with van der Waals surface area (Å²) in [5.41, 5.74) is 6.17. The van der Waals surface area contributed by atoms with Gasteiger partial charge in [-0.1, -0.05) is 15.9 Å². The van der Waals surface area contributed by atoms with Crippen LogP contribution < -0.4 is 15.2 Å². The van der Waals surface area contributed by atoms with Crippen molar-refractivity contribution in [1.29, 1.82) is 0 Å². The Balaban J connectivity index is 2.28. The van der Waals surface area contributed by atoms with E-state index in [1.165, 1.54) is 12.1 Å². The standard InChI is InChI=1S/C13H11BrFNO2/c1-17-9-3-5-13(11(16)7-9)18-12-4-2-8(14)6-10(12)15/h2-7H,16H2,1H3. The van der Waals surface area contributed by atoms with Crippen molar-refractivity contribution < 1.29 is 13.9 Å². The summed E-state index contributed by atoms with van der Waals surface area (Å²) in [4.78, 5) is 0. The molecule has 2 rings (SSSR count). The average Bonchev–Trinajstić information content (AvgIpc) is 2.34. The number of hydrogen-bond acceptors (Lipinski definition) is 3. The molecule has 94 valence electrons. The molecule has 2 aromatic carbocycles. The Morgan fingerprint density at radius 1 is 1.11 bits per heavy atom. The molecule has 0 radical (unpaired) electrons. The highest BCUT2D eigenvalue weighted by molar-refractivity contribution is 9.10. The Hall–Kier alpha value is -1.75. The molecule has 0 spiro atoms. The molecule has 0 fully saturated rings. The van der Waals surface area contributed by atoms with Crippen LogP contribution in [0.5, 0.6) is 17.2 Å². The lowest BCUT2D eigenvalue weighted by atomic mass is 10.2. The topological polar surface area (TPSA) is 44.5 Å². The molecule has 18 heavy (non-hydrogen) atoms. The number of anilines is 1. The third kappa shape index (κ3) is 2.73. The number of nitrogens with two attached hydrogens (primary N) is 1. The van der Waals surface area contributed by atoms with E-state index in [2.05, 4.69) is 15.9 Å². The van der Waals surface area contributed by atoms with E-state index in [1.807, 2.05) is 0 Å². The second-order valence-corrected chi connectivity index (χ2v) is 4.50. The highest BCUT2D eigenvalue weighted by Gasteiger charge is 2.08. The monoisotopic (exact) mass is 311 g/mol. The minimum absolute atomic E-state index is 0.120. The fourth-order valence-corrected chi connectivity index (χ4v) is 1.76. The van der Waals surface area contributed by atoms with E-state index in [4.69, 9.17) is 15.2 Å². The second-order valence-electron chi connectivity index (χ2n) is 3.58. The Morgan fingerprint density at radius 2 is 1.83 bits per heavy atom. The fourth-order valence-electron chi connectivity index (χ4n) is 1.42. The molecular weight excluding hydrogens is 301 g/mol. The highest BCUT2D eigenvalue weighted by atomic mass is 79.9. The lowest BCUT2D eigenvalue weighted by molar-refractivity contribution is 0.412. The van der Waals surface area contributed by atoms with Gasteiger partial charge < -0.3 is 15.2 Å². The molecule has 0 unspecified atom stereocenters. The maximum atomic E-state index is 13.6. The van der Waals surface area contributed by atoms with Gasteiger partial charge in [0, 0.05) is 10.5 Å². The first-order chi connectivity index (χ1) is 8.60. The van der Waals surface area contributed by atoms with Crippen LogP contribution in [0, 0.1) is 5.82 Å². The first-order valence-electron chi connectivity index (χ1n) is 5.16. The number of benzene rings is 2. The summed E-state index contributed by atoms with van der Waals surface area (Å²) in [6.45, 7) is 0. The summed E-state index contributed by atoms with van der Waals surface area (Å²) < 4.78 is 24.7. The number of nitrogen functional groups attached to an aromatic ring is 1. The van der Waals surface area contributed by atoms with Gasteiger partial charge in [-0.25, -0.2) is 4.39 Å². The summed E-state index contributed by atoms with van der Waals surface area (Å²) in [6.07, 6.45) is 0. The Bertz CT molecular complexity index is 575. The van der Waals surface area contributed by atoms with Crippen LogP contribution in [-0.2, 0) is 0 Å². The molecule has 0 aromatic heterocycles. The van der Waals surface area contributed by atoms with Crippen LogP contribution in [0.25, 0.3) is 0 Å². The molecule has 0 aliphatic heterocycles. The molecule has 0 saturated carbocycles. The van der Waals surface area contributed by atoms with E-state index in [9.17, 15) is 4.39 Å². The van der Waals surface area contributed by atoms with Gasteiger partial charge in [0.15, 0.2) is 17.3 Å². The van der Waals surface area contributed by atoms with Crippen LogP contribution in [0.1, 0.15) is 0 Å². The summed E-state index contributed by atoms with van der Waals surface area (Å²) in [5, 5.41) is 0. The van der Waals surface area contributed by atoms with E-state index >= 15 is 0 Å². The van der Waals surface area contributed by atoms with E-state index in [-0.39, 0.29) is 5.75 Å². The van der Waals surface area contributed by atoms with Gasteiger partial charge in [-0.05, 0) is 30.3 Å². The van der Waals surface area contributed by atoms with Crippen molar-refractivity contribution in [3.63, 3.8) is 0 Å². The fraction of sp³-hybridized carbons (Fsp3) is 0.0769. The van der Waals surface area contributed by atoms with Gasteiger partial charge >= 0.3 is 0 Å². The summed E-state index contributed by atoms with van der Waals surface area (Å²) in [5.74, 6) is 0.669. The number of halogens is 2. The molecule has 0 bridgehead atoms. The second kappa shape index (κ2) is 5.27. The van der Waals surface area contributed by atoms with Crippen molar-refractivity contribution in [2.45, 2.75) is 0 Å². The van der Waals surface area contributed by atoms with Gasteiger partial charge in [0.1, 0.15) is 5.75 Å². The zero-order valence-electron chi connectivity index (χ0n) is 9.61. The predicted octanol–water partition coefficient (Wildman–Crippen LogP) is 3.97. The van der Waals surface area contributed by atoms with Crippen molar-refractivity contribution in [1.82, 2.24) is 0 Å². The molecule has 0 heterocycles. The minimum atomic E-state index is -0.459. The predicted molar refractivity (Wildman–Crippen MR) is 71.6 cm³/mol. The van der Waals surface area contributed by atoms with Crippen LogP contribution >= 0.6 is 15.9 Å². The lowest BCUT2D eigenvalue weighted by Crippen LogP contribution is -1.95. The third-order valence-corrected chi connectivity index (χ3v) is 2.82. The maximum absolute atomic E-state index is 13.6. The molecule has 0 aliphatic rings. The lowest BCUT2D eigenvalue weighted by Gasteiger charge is -2.10. The van der Waals surface area contributed by atoms with E-state index in [1.54, 1.807) is 31.4 Å². The van der Waals surface area contributed by atoms with Gasteiger partial charge in [0.05, 0.1) is 12.8 Å². The first-order valence-corrected chi connectivity index (χ1v) is 5.96. The van der Waals surface area contributed by atoms with Crippen LogP contribution in [-0.4, -0.2) is 7.11 Å². The Morgan fingerprint density at radius 3 is 2.44 bits per heavy atom. The SMILES string of the molecule is COc1ccc(Oc2ccc(Br)cc2F)c(N)c1. The van der Waals surface area contributed by atoms with Gasteiger partial charge in [-0.15, -0.1) is 0 Å². The number of ether oxygens (including phenoxy) is 2. The Labute approximate surface area is 112 Å². The van der Waals surface area contributed by atoms with Crippen molar-refractivity contribution in [3.8, 4) is 17.2 Å². The zero-order chi connectivity index (χ0) is 13.1. The van der Waals surface area contributed by atoms with Crippen LogP contribution in [0.2, 0.25) is 0 Å². The quantitative estimate of drug-likeness (QED) is 0.872. The van der Waals surface area contributed by atoms with Crippen molar-refractivity contribution in [2.24, 2.45) is 0 Å². The van der Waals surface area contributed by atoms with Crippen molar-refractivity contribution in [3.05, 3.63) is 46.7 Å². The molecule has 2 N–H and O–H groups in total. The Kier molecular flexibility index (Phi) is 3.72. The molecule has 0 atom stereocenters. The van der Waals surface area contributed by atoms with Gasteiger partial charge in [0.25, 0.3) is 0 Å². The molecular formula is C13H11BrFNO2. The number of methoxy groups -OCH3 is 1. The molecule has 0 aliphatic carbocycles. The maximum Gasteiger partial charge on any atom is 0.166 e. The molecule has 2 aromatic rings. The van der Waals surface area contributed by atoms with E-state index in [0.717, 1.165) is 0 Å². The number of hydrogen-bond donors (Lipinski definition) is 1. The molecule has 5 heteroatoms. The zero-order valence-corrected chi connectivity index (χ0v) is 11.2. The molecule has 3 nitrogen and oxygen atoms in total. The van der Waals surface area contributed by atoms with E-state index < -0.39 is 5.82 Å². The smallest absolute Gasteiger partial charge is 0.166 e. The molecule has 0 amide bonds. The van der Waals surface area contributed by atoms with Crippen LogP contribution in [0.4, 0.5) is 10.1 Å². The average molecular weight is 312 g/mol. The number of rotatable bonds is 3. The first kappa shape index (κ1) is 12.7. The van der Waals surface area contributed by atoms with Gasteiger partial charge in [-0.3, -0.25) is 0 Å². The summed E-state index contributed by atoms with van der Waals surface area (Å²) in [7, 11) is 1.55. The van der Waals surface area contributed by atoms with Crippen LogP contribution in [0.15, 0.2) is 40.9 Å². The minimum Gasteiger partial charge on any atom is -0.497 e. The van der Waals surface area contributed by atoms with Crippen LogP contribution in [0.3, 0.4) is 0 Å².